The first-order valence-corrected chi connectivity index (χ1v) is 14.1. The Morgan fingerprint density at radius 3 is 2.50 bits per heavy atom. The van der Waals surface area contributed by atoms with E-state index in [4.69, 9.17) is 0 Å². The molecule has 0 saturated carbocycles. The monoisotopic (exact) mass is 523 g/mol. The van der Waals surface area contributed by atoms with E-state index in [-0.39, 0.29) is 30.9 Å². The van der Waals surface area contributed by atoms with E-state index >= 15 is 0 Å². The molecule has 0 saturated heterocycles. The van der Waals surface area contributed by atoms with Crippen molar-refractivity contribution in [3.05, 3.63) is 70.3 Å². The third-order valence-corrected chi connectivity index (χ3v) is 7.94. The van der Waals surface area contributed by atoms with Crippen molar-refractivity contribution in [2.24, 2.45) is 0 Å². The van der Waals surface area contributed by atoms with Crippen LogP contribution in [0.25, 0.3) is 0 Å². The zero-order valence-corrected chi connectivity index (χ0v) is 21.5. The predicted molar refractivity (Wildman–Crippen MR) is 135 cm³/mol. The second-order valence-electron chi connectivity index (χ2n) is 9.29. The molecule has 0 bridgehead atoms. The molecule has 0 fully saturated rings. The number of sulfone groups is 1. The molecular weight excluding hydrogens is 488 g/mol. The minimum absolute atomic E-state index is 0.0148. The Hall–Kier alpha value is -2.56. The second-order valence-corrected chi connectivity index (χ2v) is 11.4. The number of aliphatic hydroxyl groups is 1. The van der Waals surface area contributed by atoms with E-state index in [1.165, 1.54) is 12.1 Å². The molecule has 0 aromatic heterocycles. The van der Waals surface area contributed by atoms with E-state index in [0.29, 0.717) is 12.1 Å². The number of rotatable bonds is 11. The van der Waals surface area contributed by atoms with Crippen molar-refractivity contribution in [1.29, 1.82) is 0 Å². The SMILES string of the molecule is CCCNC(=O)N[C@@H](CCc1cc(F)cc(F)c1)[C@H](O)CN[C@H]1CS(=O)(=O)Cc2ccc(CC)cc21. The highest BCUT2D eigenvalue weighted by Gasteiger charge is 2.31. The summed E-state index contributed by atoms with van der Waals surface area (Å²) in [6, 6.07) is 7.32. The maximum Gasteiger partial charge on any atom is 0.315 e. The number of hydrogen-bond donors (Lipinski definition) is 4. The Bertz CT molecular complexity index is 1140. The smallest absolute Gasteiger partial charge is 0.315 e. The summed E-state index contributed by atoms with van der Waals surface area (Å²) in [5.74, 6) is -1.49. The molecule has 1 aliphatic heterocycles. The standard InChI is InChI=1S/C26H35F2N3O4S/c1-3-9-29-26(33)31-23(8-6-18-10-20(27)13-21(28)11-18)25(32)14-30-24-16-36(34,35)15-19-7-5-17(4-2)12-22(19)24/h5,7,10-13,23-25,30,32H,3-4,6,8-9,14-16H2,1-2H3,(H2,29,31,33)/t23-,24-,25+/m0/s1. The number of urea groups is 1. The molecule has 0 unspecified atom stereocenters. The van der Waals surface area contributed by atoms with E-state index in [1.54, 1.807) is 0 Å². The highest BCUT2D eigenvalue weighted by molar-refractivity contribution is 7.90. The molecule has 10 heteroatoms. The number of halogens is 2. The molecule has 0 aliphatic carbocycles. The average molecular weight is 524 g/mol. The Labute approximate surface area is 211 Å². The summed E-state index contributed by atoms with van der Waals surface area (Å²) in [6.07, 6.45) is 0.934. The van der Waals surface area contributed by atoms with Gasteiger partial charge in [0.25, 0.3) is 0 Å². The summed E-state index contributed by atoms with van der Waals surface area (Å²) in [6.45, 7) is 4.41. The summed E-state index contributed by atoms with van der Waals surface area (Å²) in [5, 5.41) is 19.6. The number of aliphatic hydroxyl groups excluding tert-OH is 1. The van der Waals surface area contributed by atoms with Crippen molar-refractivity contribution in [3.63, 3.8) is 0 Å². The van der Waals surface area contributed by atoms with Gasteiger partial charge in [0, 0.05) is 25.2 Å². The van der Waals surface area contributed by atoms with Crippen molar-refractivity contribution in [2.45, 2.75) is 63.5 Å². The second kappa shape index (κ2) is 12.6. The van der Waals surface area contributed by atoms with Crippen LogP contribution in [0.2, 0.25) is 0 Å². The molecule has 2 aromatic carbocycles. The predicted octanol–water partition coefficient (Wildman–Crippen LogP) is 3.16. The van der Waals surface area contributed by atoms with Crippen molar-refractivity contribution >= 4 is 15.9 Å². The molecule has 0 radical (unpaired) electrons. The van der Waals surface area contributed by atoms with Crippen molar-refractivity contribution in [1.82, 2.24) is 16.0 Å². The Morgan fingerprint density at radius 1 is 1.11 bits per heavy atom. The third kappa shape index (κ3) is 7.97. The van der Waals surface area contributed by atoms with E-state index in [9.17, 15) is 27.1 Å². The Balaban J connectivity index is 1.72. The summed E-state index contributed by atoms with van der Waals surface area (Å²) < 4.78 is 52.2. The first-order chi connectivity index (χ1) is 17.1. The number of nitrogens with one attached hydrogen (secondary N) is 3. The van der Waals surface area contributed by atoms with Crippen LogP contribution >= 0.6 is 0 Å². The molecule has 0 spiro atoms. The molecule has 198 valence electrons. The van der Waals surface area contributed by atoms with Crippen molar-refractivity contribution in [2.75, 3.05) is 18.8 Å². The van der Waals surface area contributed by atoms with Crippen LogP contribution in [0.15, 0.2) is 36.4 Å². The quantitative estimate of drug-likeness (QED) is 0.362. The van der Waals surface area contributed by atoms with Gasteiger partial charge in [-0.05, 0) is 60.1 Å². The fourth-order valence-corrected chi connectivity index (χ4v) is 6.09. The van der Waals surface area contributed by atoms with E-state index in [0.717, 1.165) is 35.6 Å². The summed E-state index contributed by atoms with van der Waals surface area (Å²) in [7, 11) is -3.31. The number of hydrogen-bond acceptors (Lipinski definition) is 5. The van der Waals surface area contributed by atoms with Gasteiger partial charge in [-0.3, -0.25) is 0 Å². The van der Waals surface area contributed by atoms with Gasteiger partial charge in [0.15, 0.2) is 9.84 Å². The number of amides is 2. The molecule has 2 amide bonds. The minimum atomic E-state index is -3.31. The average Bonchev–Trinajstić information content (AvgIpc) is 2.82. The molecule has 3 rings (SSSR count). The number of carbonyl (C=O) groups excluding carboxylic acids is 1. The van der Waals surface area contributed by atoms with Crippen LogP contribution in [-0.4, -0.2) is 50.5 Å². The lowest BCUT2D eigenvalue weighted by Crippen LogP contribution is -2.51. The summed E-state index contributed by atoms with van der Waals surface area (Å²) in [4.78, 5) is 12.3. The first kappa shape index (κ1) is 28.0. The number of aryl methyl sites for hydroxylation is 2. The van der Waals surface area contributed by atoms with Crippen LogP contribution in [0.4, 0.5) is 13.6 Å². The lowest BCUT2D eigenvalue weighted by molar-refractivity contribution is 0.120. The molecular formula is C26H35F2N3O4S. The van der Waals surface area contributed by atoms with Gasteiger partial charge in [0.1, 0.15) is 11.6 Å². The van der Waals surface area contributed by atoms with Crippen LogP contribution in [0.3, 0.4) is 0 Å². The Morgan fingerprint density at radius 2 is 1.83 bits per heavy atom. The van der Waals surface area contributed by atoms with E-state index in [1.807, 2.05) is 32.0 Å². The maximum atomic E-state index is 13.6. The van der Waals surface area contributed by atoms with Crippen molar-refractivity contribution in [3.8, 4) is 0 Å². The van der Waals surface area contributed by atoms with Crippen molar-refractivity contribution < 1.29 is 27.1 Å². The van der Waals surface area contributed by atoms with Crippen LogP contribution in [0, 0.1) is 11.6 Å². The lowest BCUT2D eigenvalue weighted by atomic mass is 9.97. The van der Waals surface area contributed by atoms with Crippen LogP contribution in [-0.2, 0) is 28.4 Å². The highest BCUT2D eigenvalue weighted by Crippen LogP contribution is 2.29. The van der Waals surface area contributed by atoms with Gasteiger partial charge in [-0.1, -0.05) is 32.0 Å². The summed E-state index contributed by atoms with van der Waals surface area (Å²) in [5.41, 5.74) is 3.15. The van der Waals surface area contributed by atoms with Gasteiger partial charge in [0.2, 0.25) is 0 Å². The molecule has 2 aromatic rings. The maximum absolute atomic E-state index is 13.6. The molecule has 36 heavy (non-hydrogen) atoms. The zero-order valence-electron chi connectivity index (χ0n) is 20.7. The van der Waals surface area contributed by atoms with Crippen LogP contribution < -0.4 is 16.0 Å². The fraction of sp³-hybridized carbons (Fsp3) is 0.500. The van der Waals surface area contributed by atoms with Crippen LogP contribution in [0.5, 0.6) is 0 Å². The van der Waals surface area contributed by atoms with Gasteiger partial charge < -0.3 is 21.1 Å². The third-order valence-electron chi connectivity index (χ3n) is 6.35. The summed E-state index contributed by atoms with van der Waals surface area (Å²) >= 11 is 0. The van der Waals surface area contributed by atoms with Crippen LogP contribution in [0.1, 0.15) is 55.0 Å². The van der Waals surface area contributed by atoms with Gasteiger partial charge >= 0.3 is 6.03 Å². The largest absolute Gasteiger partial charge is 0.390 e. The minimum Gasteiger partial charge on any atom is -0.390 e. The Kier molecular flexibility index (Phi) is 9.81. The highest BCUT2D eigenvalue weighted by atomic mass is 32.2. The fourth-order valence-electron chi connectivity index (χ4n) is 4.43. The topological polar surface area (TPSA) is 108 Å². The molecule has 7 nitrogen and oxygen atoms in total. The lowest BCUT2D eigenvalue weighted by Gasteiger charge is -2.30. The molecule has 3 atom stereocenters. The van der Waals surface area contributed by atoms with E-state index in [2.05, 4.69) is 16.0 Å². The van der Waals surface area contributed by atoms with Gasteiger partial charge in [-0.15, -0.1) is 0 Å². The van der Waals surface area contributed by atoms with Gasteiger partial charge in [-0.2, -0.15) is 0 Å². The first-order valence-electron chi connectivity index (χ1n) is 12.3. The number of carbonyl (C=O) groups is 1. The normalized spacial score (nSPS) is 18.2. The van der Waals surface area contributed by atoms with Gasteiger partial charge in [0.05, 0.1) is 23.7 Å². The van der Waals surface area contributed by atoms with Gasteiger partial charge in [-0.25, -0.2) is 22.0 Å². The number of benzene rings is 2. The molecule has 4 N–H and O–H groups in total. The molecule has 1 heterocycles. The number of fused-ring (bicyclic) bond motifs is 1. The zero-order chi connectivity index (χ0) is 26.3. The molecule has 1 aliphatic rings. The van der Waals surface area contributed by atoms with E-state index < -0.39 is 45.7 Å².